The molecule has 1 heterocycles. The van der Waals surface area contributed by atoms with Crippen molar-refractivity contribution >= 4 is 21.8 Å². The summed E-state index contributed by atoms with van der Waals surface area (Å²) in [6.07, 6.45) is 1.45. The number of aryl methyl sites for hydroxylation is 2. The zero-order valence-electron chi connectivity index (χ0n) is 13.1. The van der Waals surface area contributed by atoms with Crippen LogP contribution < -0.4 is 0 Å². The maximum atomic E-state index is 12.4. The molecule has 3 nitrogen and oxygen atoms in total. The topological polar surface area (TPSA) is 29.5 Å². The lowest BCUT2D eigenvalue weighted by Crippen LogP contribution is -2.55. The lowest BCUT2D eigenvalue weighted by Gasteiger charge is -2.42. The quantitative estimate of drug-likeness (QED) is 0.777. The van der Waals surface area contributed by atoms with Gasteiger partial charge in [-0.1, -0.05) is 45.8 Å². The Morgan fingerprint density at radius 1 is 1.38 bits per heavy atom. The van der Waals surface area contributed by atoms with Gasteiger partial charge in [-0.15, -0.1) is 0 Å². The highest BCUT2D eigenvalue weighted by Crippen LogP contribution is 2.23. The normalized spacial score (nSPS) is 21.3. The Hall–Kier alpha value is -0.870. The Bertz CT molecular complexity index is 484. The second-order valence-corrected chi connectivity index (χ2v) is 7.06. The minimum atomic E-state index is -0.268. The molecule has 0 aliphatic carbocycles. The number of carbonyl (C=O) groups excluding carboxylic acids is 1. The van der Waals surface area contributed by atoms with E-state index in [4.69, 9.17) is 4.74 Å². The van der Waals surface area contributed by atoms with Crippen molar-refractivity contribution < 1.29 is 9.53 Å². The van der Waals surface area contributed by atoms with Gasteiger partial charge < -0.3 is 9.64 Å². The van der Waals surface area contributed by atoms with E-state index in [0.29, 0.717) is 19.5 Å². The van der Waals surface area contributed by atoms with Gasteiger partial charge in [-0.25, -0.2) is 0 Å². The van der Waals surface area contributed by atoms with Crippen LogP contribution >= 0.6 is 15.9 Å². The SMILES string of the molecule is Cc1ccc(CCC(=O)N2CC(CBr)OC(C)(C)C2)cc1. The van der Waals surface area contributed by atoms with E-state index >= 15 is 0 Å². The van der Waals surface area contributed by atoms with Gasteiger partial charge in [0.05, 0.1) is 11.7 Å². The summed E-state index contributed by atoms with van der Waals surface area (Å²) in [6.45, 7) is 7.51. The molecule has 1 aliphatic rings. The number of nitrogens with zero attached hydrogens (tertiary/aromatic N) is 1. The molecule has 1 aromatic carbocycles. The lowest BCUT2D eigenvalue weighted by molar-refractivity contribution is -0.157. The molecule has 0 saturated carbocycles. The van der Waals surface area contributed by atoms with Crippen molar-refractivity contribution in [1.29, 1.82) is 0 Å². The monoisotopic (exact) mass is 353 g/mol. The molecule has 1 unspecified atom stereocenters. The number of hydrogen-bond acceptors (Lipinski definition) is 2. The highest BCUT2D eigenvalue weighted by molar-refractivity contribution is 9.09. The lowest BCUT2D eigenvalue weighted by atomic mass is 10.0. The molecule has 1 saturated heterocycles. The third-order valence-corrected chi connectivity index (χ3v) is 4.48. The van der Waals surface area contributed by atoms with Crippen molar-refractivity contribution in [2.75, 3.05) is 18.4 Å². The fourth-order valence-corrected chi connectivity index (χ4v) is 3.07. The van der Waals surface area contributed by atoms with Gasteiger partial charge in [-0.3, -0.25) is 4.79 Å². The maximum absolute atomic E-state index is 12.4. The smallest absolute Gasteiger partial charge is 0.223 e. The Morgan fingerprint density at radius 2 is 2.05 bits per heavy atom. The van der Waals surface area contributed by atoms with E-state index in [9.17, 15) is 4.79 Å². The summed E-state index contributed by atoms with van der Waals surface area (Å²) in [4.78, 5) is 14.4. The first-order valence-electron chi connectivity index (χ1n) is 7.47. The zero-order chi connectivity index (χ0) is 15.5. The van der Waals surface area contributed by atoms with Gasteiger partial charge in [0.25, 0.3) is 0 Å². The van der Waals surface area contributed by atoms with Crippen LogP contribution in [0.5, 0.6) is 0 Å². The summed E-state index contributed by atoms with van der Waals surface area (Å²) in [5.74, 6) is 0.220. The Morgan fingerprint density at radius 3 is 2.67 bits per heavy atom. The largest absolute Gasteiger partial charge is 0.368 e. The Balaban J connectivity index is 1.91. The van der Waals surface area contributed by atoms with Crippen LogP contribution in [0.3, 0.4) is 0 Å². The van der Waals surface area contributed by atoms with Crippen LogP contribution in [0.15, 0.2) is 24.3 Å². The third-order valence-electron chi connectivity index (χ3n) is 3.75. The molecule has 0 aromatic heterocycles. The summed E-state index contributed by atoms with van der Waals surface area (Å²) in [6, 6.07) is 8.40. The molecule has 1 atom stereocenters. The van der Waals surface area contributed by atoms with E-state index in [2.05, 4.69) is 47.1 Å². The first-order chi connectivity index (χ1) is 9.89. The van der Waals surface area contributed by atoms with E-state index in [1.807, 2.05) is 18.7 Å². The molecule has 1 aromatic rings. The first kappa shape index (κ1) is 16.5. The van der Waals surface area contributed by atoms with Gasteiger partial charge in [0, 0.05) is 24.8 Å². The van der Waals surface area contributed by atoms with Gasteiger partial charge in [-0.2, -0.15) is 0 Å². The van der Waals surface area contributed by atoms with Gasteiger partial charge in [-0.05, 0) is 32.8 Å². The van der Waals surface area contributed by atoms with Crippen molar-refractivity contribution in [2.24, 2.45) is 0 Å². The number of alkyl halides is 1. The average Bonchev–Trinajstić information content (AvgIpc) is 2.44. The van der Waals surface area contributed by atoms with E-state index < -0.39 is 0 Å². The van der Waals surface area contributed by atoms with Crippen molar-refractivity contribution in [2.45, 2.75) is 45.3 Å². The fraction of sp³-hybridized carbons (Fsp3) is 0.588. The second kappa shape index (κ2) is 6.93. The molecule has 0 radical (unpaired) electrons. The highest BCUT2D eigenvalue weighted by atomic mass is 79.9. The van der Waals surface area contributed by atoms with Gasteiger partial charge in [0.15, 0.2) is 0 Å². The zero-order valence-corrected chi connectivity index (χ0v) is 14.6. The Kier molecular flexibility index (Phi) is 5.44. The molecule has 0 spiro atoms. The van der Waals surface area contributed by atoms with Crippen molar-refractivity contribution in [3.8, 4) is 0 Å². The molecular weight excluding hydrogens is 330 g/mol. The van der Waals surface area contributed by atoms with Gasteiger partial charge >= 0.3 is 0 Å². The predicted octanol–water partition coefficient (Wildman–Crippen LogP) is 3.33. The van der Waals surface area contributed by atoms with Crippen LogP contribution in [-0.4, -0.2) is 40.9 Å². The van der Waals surface area contributed by atoms with Crippen LogP contribution in [-0.2, 0) is 16.0 Å². The van der Waals surface area contributed by atoms with Crippen molar-refractivity contribution in [1.82, 2.24) is 4.90 Å². The number of ether oxygens (including phenoxy) is 1. The molecule has 1 aliphatic heterocycles. The average molecular weight is 354 g/mol. The molecule has 4 heteroatoms. The van der Waals surface area contributed by atoms with Crippen molar-refractivity contribution in [3.05, 3.63) is 35.4 Å². The van der Waals surface area contributed by atoms with Crippen LogP contribution in [0.25, 0.3) is 0 Å². The fourth-order valence-electron chi connectivity index (χ4n) is 2.73. The number of hydrogen-bond donors (Lipinski definition) is 0. The van der Waals surface area contributed by atoms with Gasteiger partial charge in [0.1, 0.15) is 0 Å². The molecular formula is C17H24BrNO2. The van der Waals surface area contributed by atoms with Gasteiger partial charge in [0.2, 0.25) is 5.91 Å². The number of rotatable bonds is 4. The Labute approximate surface area is 135 Å². The summed E-state index contributed by atoms with van der Waals surface area (Å²) in [5, 5.41) is 0.762. The molecule has 116 valence electrons. The highest BCUT2D eigenvalue weighted by Gasteiger charge is 2.34. The molecule has 1 amide bonds. The maximum Gasteiger partial charge on any atom is 0.223 e. The summed E-state index contributed by atoms with van der Waals surface area (Å²) < 4.78 is 5.94. The molecule has 21 heavy (non-hydrogen) atoms. The summed E-state index contributed by atoms with van der Waals surface area (Å²) in [5.41, 5.74) is 2.20. The van der Waals surface area contributed by atoms with Crippen molar-refractivity contribution in [3.63, 3.8) is 0 Å². The van der Waals surface area contributed by atoms with E-state index in [1.165, 1.54) is 11.1 Å². The molecule has 0 N–H and O–H groups in total. The van der Waals surface area contributed by atoms with Crippen LogP contribution in [0.2, 0.25) is 0 Å². The number of morpholine rings is 1. The molecule has 2 rings (SSSR count). The predicted molar refractivity (Wildman–Crippen MR) is 88.8 cm³/mol. The minimum Gasteiger partial charge on any atom is -0.368 e. The molecule has 0 bridgehead atoms. The van der Waals surface area contributed by atoms with E-state index in [1.54, 1.807) is 0 Å². The summed E-state index contributed by atoms with van der Waals surface area (Å²) >= 11 is 3.46. The standard InChI is InChI=1S/C17H24BrNO2/c1-13-4-6-14(7-5-13)8-9-16(20)19-11-15(10-18)21-17(2,3)12-19/h4-7,15H,8-12H2,1-3H3. The minimum absolute atomic E-state index is 0.0806. The van der Waals surface area contributed by atoms with Crippen LogP contribution in [0.4, 0.5) is 0 Å². The number of amides is 1. The summed E-state index contributed by atoms with van der Waals surface area (Å²) in [7, 11) is 0. The number of halogens is 1. The van der Waals surface area contributed by atoms with Crippen LogP contribution in [0.1, 0.15) is 31.4 Å². The number of benzene rings is 1. The van der Waals surface area contributed by atoms with Crippen LogP contribution in [0, 0.1) is 6.92 Å². The third kappa shape index (κ3) is 4.82. The first-order valence-corrected chi connectivity index (χ1v) is 8.59. The number of carbonyl (C=O) groups is 1. The second-order valence-electron chi connectivity index (χ2n) is 6.41. The van der Waals surface area contributed by atoms with E-state index in [0.717, 1.165) is 11.8 Å². The molecule has 1 fully saturated rings. The van der Waals surface area contributed by atoms with E-state index in [-0.39, 0.29) is 17.6 Å².